The SMILES string of the molecule is Cc1cc(Cc2cc(C(F)(F)F)cc(C(F)(F)F)c2)c(=O)[nH]n1. The summed E-state index contributed by atoms with van der Waals surface area (Å²) in [7, 11) is 0. The summed E-state index contributed by atoms with van der Waals surface area (Å²) in [6.07, 6.45) is -10.2. The van der Waals surface area contributed by atoms with Gasteiger partial charge in [0.15, 0.2) is 0 Å². The highest BCUT2D eigenvalue weighted by atomic mass is 19.4. The van der Waals surface area contributed by atoms with Gasteiger partial charge < -0.3 is 0 Å². The third-order valence-corrected chi connectivity index (χ3v) is 3.05. The first-order valence-electron chi connectivity index (χ1n) is 6.30. The number of benzene rings is 1. The van der Waals surface area contributed by atoms with Crippen LogP contribution in [0.1, 0.15) is 27.9 Å². The predicted octanol–water partition coefficient (Wildman–Crippen LogP) is 3.71. The topological polar surface area (TPSA) is 45.8 Å². The Kier molecular flexibility index (Phi) is 4.23. The van der Waals surface area contributed by atoms with E-state index in [1.54, 1.807) is 0 Å². The van der Waals surface area contributed by atoms with Crippen LogP contribution >= 0.6 is 0 Å². The number of H-pyrrole nitrogens is 1. The number of aromatic amines is 1. The Bertz CT molecular complexity index is 744. The minimum atomic E-state index is -4.92. The molecule has 0 aliphatic heterocycles. The number of aryl methyl sites for hydroxylation is 1. The van der Waals surface area contributed by atoms with Crippen LogP contribution in [-0.4, -0.2) is 10.2 Å². The average molecular weight is 336 g/mol. The maximum Gasteiger partial charge on any atom is 0.416 e. The Morgan fingerprint density at radius 2 is 1.48 bits per heavy atom. The van der Waals surface area contributed by atoms with Crippen LogP contribution in [0.15, 0.2) is 29.1 Å². The largest absolute Gasteiger partial charge is 0.416 e. The Balaban J connectivity index is 2.53. The molecule has 0 aliphatic rings. The Labute approximate surface area is 126 Å². The molecule has 0 saturated carbocycles. The number of halogens is 6. The first kappa shape index (κ1) is 17.0. The van der Waals surface area contributed by atoms with Crippen molar-refractivity contribution in [1.29, 1.82) is 0 Å². The van der Waals surface area contributed by atoms with Crippen LogP contribution in [0.25, 0.3) is 0 Å². The number of nitrogens with one attached hydrogen (secondary N) is 1. The van der Waals surface area contributed by atoms with E-state index in [1.807, 2.05) is 0 Å². The minimum absolute atomic E-state index is 0.0324. The molecule has 0 atom stereocenters. The van der Waals surface area contributed by atoms with E-state index in [0.717, 1.165) is 0 Å². The number of hydrogen-bond acceptors (Lipinski definition) is 2. The molecule has 0 amide bonds. The monoisotopic (exact) mass is 336 g/mol. The van der Waals surface area contributed by atoms with Crippen molar-refractivity contribution in [2.24, 2.45) is 0 Å². The molecule has 0 aliphatic carbocycles. The van der Waals surface area contributed by atoms with Crippen molar-refractivity contribution in [3.63, 3.8) is 0 Å². The van der Waals surface area contributed by atoms with Crippen LogP contribution < -0.4 is 5.56 Å². The maximum absolute atomic E-state index is 12.8. The van der Waals surface area contributed by atoms with Gasteiger partial charge in [-0.1, -0.05) is 0 Å². The third kappa shape index (κ3) is 4.11. The van der Waals surface area contributed by atoms with Crippen molar-refractivity contribution >= 4 is 0 Å². The van der Waals surface area contributed by atoms with E-state index in [9.17, 15) is 31.1 Å². The van der Waals surface area contributed by atoms with Crippen LogP contribution in [0.5, 0.6) is 0 Å². The van der Waals surface area contributed by atoms with E-state index < -0.39 is 29.0 Å². The zero-order valence-electron chi connectivity index (χ0n) is 11.6. The zero-order chi connectivity index (χ0) is 17.4. The molecule has 1 aromatic heterocycles. The Hall–Kier alpha value is -2.32. The number of aromatic nitrogens is 2. The van der Waals surface area contributed by atoms with Gasteiger partial charge in [-0.2, -0.15) is 31.4 Å². The van der Waals surface area contributed by atoms with E-state index >= 15 is 0 Å². The van der Waals surface area contributed by atoms with Crippen molar-refractivity contribution in [3.8, 4) is 0 Å². The van der Waals surface area contributed by atoms with Crippen LogP contribution in [0.3, 0.4) is 0 Å². The summed E-state index contributed by atoms with van der Waals surface area (Å²) in [4.78, 5) is 11.6. The molecule has 1 N–H and O–H groups in total. The van der Waals surface area contributed by atoms with Crippen LogP contribution in [0.2, 0.25) is 0 Å². The van der Waals surface area contributed by atoms with Gasteiger partial charge >= 0.3 is 12.4 Å². The third-order valence-electron chi connectivity index (χ3n) is 3.05. The highest BCUT2D eigenvalue weighted by molar-refractivity contribution is 5.36. The van der Waals surface area contributed by atoms with Gasteiger partial charge in [0.05, 0.1) is 16.8 Å². The summed E-state index contributed by atoms with van der Waals surface area (Å²) in [5.74, 6) is 0. The van der Waals surface area contributed by atoms with E-state index in [0.29, 0.717) is 17.8 Å². The molecular formula is C14H10F6N2O. The van der Waals surface area contributed by atoms with E-state index in [4.69, 9.17) is 0 Å². The summed E-state index contributed by atoms with van der Waals surface area (Å²) in [6, 6.07) is 2.56. The highest BCUT2D eigenvalue weighted by Gasteiger charge is 2.36. The predicted molar refractivity (Wildman–Crippen MR) is 68.8 cm³/mol. The fraction of sp³-hybridized carbons (Fsp3) is 0.286. The maximum atomic E-state index is 12.8. The molecule has 1 heterocycles. The first-order valence-corrected chi connectivity index (χ1v) is 6.30. The summed E-state index contributed by atoms with van der Waals surface area (Å²) in [5, 5.41) is 5.73. The molecule has 0 saturated heterocycles. The van der Waals surface area contributed by atoms with Gasteiger partial charge in [0.1, 0.15) is 0 Å². The first-order chi connectivity index (χ1) is 10.5. The Morgan fingerprint density at radius 1 is 0.957 bits per heavy atom. The van der Waals surface area contributed by atoms with Crippen molar-refractivity contribution in [3.05, 3.63) is 62.6 Å². The second-order valence-corrected chi connectivity index (χ2v) is 4.95. The molecule has 2 aromatic rings. The number of hydrogen-bond donors (Lipinski definition) is 1. The van der Waals surface area contributed by atoms with Gasteiger partial charge in [-0.25, -0.2) is 5.10 Å². The van der Waals surface area contributed by atoms with Gasteiger partial charge in [-0.05, 0) is 36.8 Å². The zero-order valence-corrected chi connectivity index (χ0v) is 11.6. The molecule has 23 heavy (non-hydrogen) atoms. The van der Waals surface area contributed by atoms with Crippen LogP contribution in [0, 0.1) is 6.92 Å². The second-order valence-electron chi connectivity index (χ2n) is 4.95. The quantitative estimate of drug-likeness (QED) is 0.850. The van der Waals surface area contributed by atoms with Crippen LogP contribution in [0.4, 0.5) is 26.3 Å². The highest BCUT2D eigenvalue weighted by Crippen LogP contribution is 2.36. The van der Waals surface area contributed by atoms with Crippen LogP contribution in [-0.2, 0) is 18.8 Å². The standard InChI is InChI=1S/C14H10F6N2O/c1-7-2-9(12(23)22-21-7)3-8-4-10(13(15,16)17)6-11(5-8)14(18,19)20/h2,4-6H,3H2,1H3,(H,22,23). The lowest BCUT2D eigenvalue weighted by Gasteiger charge is -2.14. The Morgan fingerprint density at radius 3 is 1.96 bits per heavy atom. The van der Waals surface area contributed by atoms with Gasteiger partial charge in [0, 0.05) is 12.0 Å². The second kappa shape index (κ2) is 5.71. The molecule has 0 bridgehead atoms. The fourth-order valence-electron chi connectivity index (χ4n) is 2.03. The van der Waals surface area contributed by atoms with E-state index in [1.165, 1.54) is 13.0 Å². The smallest absolute Gasteiger partial charge is 0.268 e. The van der Waals surface area contributed by atoms with Crippen molar-refractivity contribution < 1.29 is 26.3 Å². The molecule has 124 valence electrons. The summed E-state index contributed by atoms with van der Waals surface area (Å²) >= 11 is 0. The molecule has 2 rings (SSSR count). The minimum Gasteiger partial charge on any atom is -0.268 e. The summed E-state index contributed by atoms with van der Waals surface area (Å²) in [5.41, 5.74) is -3.33. The van der Waals surface area contributed by atoms with Gasteiger partial charge in [-0.3, -0.25) is 4.79 Å². The van der Waals surface area contributed by atoms with E-state index in [2.05, 4.69) is 10.2 Å². The molecule has 3 nitrogen and oxygen atoms in total. The average Bonchev–Trinajstić information content (AvgIpc) is 2.40. The molecular weight excluding hydrogens is 326 g/mol. The van der Waals surface area contributed by atoms with Crippen molar-refractivity contribution in [1.82, 2.24) is 10.2 Å². The van der Waals surface area contributed by atoms with Gasteiger partial charge in [0.25, 0.3) is 5.56 Å². The summed E-state index contributed by atoms with van der Waals surface area (Å²) in [6.45, 7) is 1.53. The molecule has 1 aromatic carbocycles. The lowest BCUT2D eigenvalue weighted by atomic mass is 10.00. The summed E-state index contributed by atoms with van der Waals surface area (Å²) < 4.78 is 76.6. The molecule has 0 unspecified atom stereocenters. The molecule has 9 heteroatoms. The fourth-order valence-corrected chi connectivity index (χ4v) is 2.03. The molecule has 0 radical (unpaired) electrons. The lowest BCUT2D eigenvalue weighted by molar-refractivity contribution is -0.143. The molecule has 0 spiro atoms. The number of alkyl halides is 6. The number of rotatable bonds is 2. The van der Waals surface area contributed by atoms with Crippen molar-refractivity contribution in [2.75, 3.05) is 0 Å². The van der Waals surface area contributed by atoms with Gasteiger partial charge in [0.2, 0.25) is 0 Å². The van der Waals surface area contributed by atoms with Gasteiger partial charge in [-0.15, -0.1) is 0 Å². The van der Waals surface area contributed by atoms with Crippen molar-refractivity contribution in [2.45, 2.75) is 25.7 Å². The normalized spacial score (nSPS) is 12.5. The molecule has 0 fully saturated rings. The lowest BCUT2D eigenvalue weighted by Crippen LogP contribution is -2.16. The number of nitrogens with zero attached hydrogens (tertiary/aromatic N) is 1. The van der Waals surface area contributed by atoms with E-state index in [-0.39, 0.29) is 23.6 Å².